The Morgan fingerprint density at radius 2 is 1.72 bits per heavy atom. The van der Waals surface area contributed by atoms with Gasteiger partial charge < -0.3 is 20.4 Å². The van der Waals surface area contributed by atoms with E-state index in [1.54, 1.807) is 48.5 Å². The number of nitrogen functional groups attached to an aromatic ring is 1. The van der Waals surface area contributed by atoms with Crippen LogP contribution in [0.1, 0.15) is 34.5 Å². The van der Waals surface area contributed by atoms with E-state index in [1.165, 1.54) is 35.5 Å². The number of carbonyl (C=O) groups is 2. The van der Waals surface area contributed by atoms with Crippen LogP contribution < -0.4 is 11.1 Å². The smallest absolute Gasteiger partial charge is 0.255 e. The molecule has 0 bridgehead atoms. The summed E-state index contributed by atoms with van der Waals surface area (Å²) < 4.78 is 62.5. The molecule has 1 fully saturated rings. The number of piperidine rings is 1. The SMILES string of the molecule is Nc1ccc(/C=C/C(=O)NCc2cc3cc(-c4ncc(C(=O)N5CCC(F)(F)CC5)cc4F)cc(-c4ccc(F)cc4)c3o2)cn1. The number of nitrogens with zero attached hydrogens (tertiary/aromatic N) is 3. The van der Waals surface area contributed by atoms with Gasteiger partial charge in [0.1, 0.15) is 34.5 Å². The predicted molar refractivity (Wildman–Crippen MR) is 164 cm³/mol. The summed E-state index contributed by atoms with van der Waals surface area (Å²) in [5.41, 5.74) is 8.08. The summed E-state index contributed by atoms with van der Waals surface area (Å²) in [5.74, 6) is -4.22. The van der Waals surface area contributed by atoms with Gasteiger partial charge in [-0.05, 0) is 65.7 Å². The number of aromatic nitrogens is 2. The van der Waals surface area contributed by atoms with Crippen molar-refractivity contribution in [2.75, 3.05) is 18.8 Å². The number of likely N-dealkylation sites (tertiary alicyclic amines) is 1. The third-order valence-corrected chi connectivity index (χ3v) is 7.64. The van der Waals surface area contributed by atoms with Crippen molar-refractivity contribution in [3.8, 4) is 22.4 Å². The van der Waals surface area contributed by atoms with E-state index in [9.17, 15) is 22.8 Å². The fourth-order valence-electron chi connectivity index (χ4n) is 5.18. The van der Waals surface area contributed by atoms with Crippen molar-refractivity contribution in [2.24, 2.45) is 0 Å². The molecule has 0 unspecified atom stereocenters. The maximum absolute atomic E-state index is 15.5. The second-order valence-corrected chi connectivity index (χ2v) is 10.9. The van der Waals surface area contributed by atoms with Crippen LogP contribution in [0.3, 0.4) is 0 Å². The van der Waals surface area contributed by atoms with Crippen LogP contribution in [0.5, 0.6) is 0 Å². The number of hydrogen-bond acceptors (Lipinski definition) is 6. The molecule has 12 heteroatoms. The molecule has 5 aromatic rings. The van der Waals surface area contributed by atoms with Crippen LogP contribution in [0.2, 0.25) is 0 Å². The van der Waals surface area contributed by atoms with Gasteiger partial charge in [0.15, 0.2) is 0 Å². The second-order valence-electron chi connectivity index (χ2n) is 10.9. The maximum atomic E-state index is 15.5. The van der Waals surface area contributed by atoms with E-state index >= 15 is 4.39 Å². The molecule has 46 heavy (non-hydrogen) atoms. The Balaban J connectivity index is 1.27. The summed E-state index contributed by atoms with van der Waals surface area (Å²) in [6.45, 7) is -0.221. The van der Waals surface area contributed by atoms with Crippen LogP contribution in [0.25, 0.3) is 39.4 Å². The Morgan fingerprint density at radius 3 is 2.41 bits per heavy atom. The van der Waals surface area contributed by atoms with Crippen molar-refractivity contribution in [1.82, 2.24) is 20.2 Å². The summed E-state index contributed by atoms with van der Waals surface area (Å²) in [5, 5.41) is 3.32. The van der Waals surface area contributed by atoms with Crippen LogP contribution in [0.4, 0.5) is 23.4 Å². The normalized spacial score (nSPS) is 14.6. The summed E-state index contributed by atoms with van der Waals surface area (Å²) in [6, 6.07) is 15.1. The summed E-state index contributed by atoms with van der Waals surface area (Å²) in [4.78, 5) is 34.8. The molecule has 4 heterocycles. The van der Waals surface area contributed by atoms with Crippen LogP contribution in [-0.2, 0) is 11.3 Å². The number of halogens is 4. The minimum atomic E-state index is -2.82. The van der Waals surface area contributed by atoms with Gasteiger partial charge in [0.25, 0.3) is 11.8 Å². The van der Waals surface area contributed by atoms with Crippen LogP contribution in [0, 0.1) is 11.6 Å². The van der Waals surface area contributed by atoms with E-state index in [4.69, 9.17) is 10.2 Å². The zero-order chi connectivity index (χ0) is 32.4. The topological polar surface area (TPSA) is 114 Å². The summed E-state index contributed by atoms with van der Waals surface area (Å²) in [7, 11) is 0. The molecule has 0 atom stereocenters. The van der Waals surface area contributed by atoms with Gasteiger partial charge in [0.05, 0.1) is 12.1 Å². The maximum Gasteiger partial charge on any atom is 0.255 e. The highest BCUT2D eigenvalue weighted by Gasteiger charge is 2.36. The number of amides is 2. The van der Waals surface area contributed by atoms with Crippen LogP contribution >= 0.6 is 0 Å². The number of alkyl halides is 2. The van der Waals surface area contributed by atoms with E-state index < -0.39 is 36.3 Å². The number of furan rings is 1. The van der Waals surface area contributed by atoms with Gasteiger partial charge in [-0.1, -0.05) is 12.1 Å². The number of hydrogen-bond donors (Lipinski definition) is 2. The Kier molecular flexibility index (Phi) is 8.27. The first-order valence-electron chi connectivity index (χ1n) is 14.4. The molecule has 0 aliphatic carbocycles. The van der Waals surface area contributed by atoms with E-state index in [-0.39, 0.29) is 36.8 Å². The summed E-state index contributed by atoms with van der Waals surface area (Å²) in [6.07, 6.45) is 4.79. The van der Waals surface area contributed by atoms with Crippen LogP contribution in [-0.4, -0.2) is 45.7 Å². The molecule has 0 radical (unpaired) electrons. The van der Waals surface area contributed by atoms with E-state index in [2.05, 4.69) is 15.3 Å². The highest BCUT2D eigenvalue weighted by molar-refractivity contribution is 5.98. The second kappa shape index (κ2) is 12.5. The van der Waals surface area contributed by atoms with Crippen molar-refractivity contribution < 1.29 is 31.6 Å². The molecule has 234 valence electrons. The number of rotatable bonds is 7. The lowest BCUT2D eigenvalue weighted by Crippen LogP contribution is -2.42. The van der Waals surface area contributed by atoms with E-state index in [0.717, 1.165) is 6.07 Å². The molecular formula is C34H27F4N5O3. The van der Waals surface area contributed by atoms with Crippen molar-refractivity contribution in [2.45, 2.75) is 25.3 Å². The quantitative estimate of drug-likeness (QED) is 0.155. The third-order valence-electron chi connectivity index (χ3n) is 7.64. The Bertz CT molecular complexity index is 1950. The molecule has 1 saturated heterocycles. The monoisotopic (exact) mass is 629 g/mol. The molecule has 3 aromatic heterocycles. The van der Waals surface area contributed by atoms with Gasteiger partial charge in [0.2, 0.25) is 5.91 Å². The molecule has 0 saturated carbocycles. The summed E-state index contributed by atoms with van der Waals surface area (Å²) >= 11 is 0. The van der Waals surface area contributed by atoms with Gasteiger partial charge in [-0.2, -0.15) is 0 Å². The fourth-order valence-corrected chi connectivity index (χ4v) is 5.18. The standard InChI is InChI=1S/C34H27F4N5O3/c35-25-5-3-21(4-6-25)27-15-22(31-28(36)16-24(18-42-31)33(45)43-11-9-34(37,38)10-12-43)13-23-14-26(46-32(23)27)19-41-30(44)8-2-20-1-7-29(39)40-17-20/h1-8,13-18H,9-12,19H2,(H2,39,40)(H,41,44)/b8-2+. The highest BCUT2D eigenvalue weighted by Crippen LogP contribution is 2.36. The van der Waals surface area contributed by atoms with E-state index in [0.29, 0.717) is 44.8 Å². The molecule has 3 N–H and O–H groups in total. The van der Waals surface area contributed by atoms with Crippen molar-refractivity contribution in [3.05, 3.63) is 108 Å². The van der Waals surface area contributed by atoms with Gasteiger partial charge in [-0.15, -0.1) is 0 Å². The largest absolute Gasteiger partial charge is 0.459 e. The Labute approximate surface area is 260 Å². The zero-order valence-electron chi connectivity index (χ0n) is 24.3. The number of benzene rings is 2. The lowest BCUT2D eigenvalue weighted by atomic mass is 9.98. The number of nitrogens with two attached hydrogens (primary N) is 1. The Morgan fingerprint density at radius 1 is 0.957 bits per heavy atom. The Hall–Kier alpha value is -5.52. The molecule has 1 aliphatic heterocycles. The minimum absolute atomic E-state index is 0.0435. The molecule has 2 aromatic carbocycles. The van der Waals surface area contributed by atoms with Crippen LogP contribution in [0.15, 0.2) is 83.6 Å². The first-order valence-corrected chi connectivity index (χ1v) is 14.4. The van der Waals surface area contributed by atoms with Gasteiger partial charge >= 0.3 is 0 Å². The van der Waals surface area contributed by atoms with Crippen molar-refractivity contribution >= 4 is 34.7 Å². The molecule has 2 amide bonds. The first-order chi connectivity index (χ1) is 22.0. The number of fused-ring (bicyclic) bond motifs is 1. The molecule has 0 spiro atoms. The fraction of sp³-hybridized carbons (Fsp3) is 0.176. The predicted octanol–water partition coefficient (Wildman–Crippen LogP) is 6.62. The highest BCUT2D eigenvalue weighted by atomic mass is 19.3. The van der Waals surface area contributed by atoms with E-state index in [1.807, 2.05) is 0 Å². The van der Waals surface area contributed by atoms with Gasteiger partial charge in [-0.3, -0.25) is 14.6 Å². The van der Waals surface area contributed by atoms with Crippen molar-refractivity contribution in [3.63, 3.8) is 0 Å². The van der Waals surface area contributed by atoms with Crippen molar-refractivity contribution in [1.29, 1.82) is 0 Å². The number of carbonyl (C=O) groups excluding carboxylic acids is 2. The zero-order valence-corrected chi connectivity index (χ0v) is 24.3. The molecule has 8 nitrogen and oxygen atoms in total. The molecule has 6 rings (SSSR count). The van der Waals surface area contributed by atoms with Gasteiger partial charge in [-0.25, -0.2) is 22.5 Å². The first kappa shape index (κ1) is 30.5. The lowest BCUT2D eigenvalue weighted by molar-refractivity contribution is -0.116. The lowest BCUT2D eigenvalue weighted by Gasteiger charge is -2.31. The third kappa shape index (κ3) is 6.75. The number of nitrogens with one attached hydrogen (secondary N) is 1. The minimum Gasteiger partial charge on any atom is -0.459 e. The average Bonchev–Trinajstić information content (AvgIpc) is 3.46. The average molecular weight is 630 g/mol. The number of pyridine rings is 2. The number of anilines is 1. The molecular weight excluding hydrogens is 602 g/mol. The molecule has 1 aliphatic rings. The van der Waals surface area contributed by atoms with Gasteiger partial charge in [0, 0.05) is 60.9 Å².